The Bertz CT molecular complexity index is 712. The zero-order chi connectivity index (χ0) is 17.0. The molecule has 0 fully saturated rings. The van der Waals surface area contributed by atoms with E-state index in [0.29, 0.717) is 23.7 Å². The smallest absolute Gasteiger partial charge is 0.340 e. The molecule has 2 aromatic rings. The Morgan fingerprint density at radius 2 is 2.09 bits per heavy atom. The van der Waals surface area contributed by atoms with Crippen LogP contribution in [-0.2, 0) is 17.0 Å². The van der Waals surface area contributed by atoms with Crippen molar-refractivity contribution < 1.29 is 14.3 Å². The lowest BCUT2D eigenvalue weighted by Gasteiger charge is -2.10. The molecule has 0 radical (unpaired) electrons. The van der Waals surface area contributed by atoms with E-state index in [0.717, 1.165) is 40.5 Å². The van der Waals surface area contributed by atoms with Crippen LogP contribution in [0.25, 0.3) is 10.9 Å². The number of esters is 1. The van der Waals surface area contributed by atoms with Crippen LogP contribution in [0.15, 0.2) is 16.6 Å². The van der Waals surface area contributed by atoms with Gasteiger partial charge in [0.25, 0.3) is 0 Å². The number of hydrogen-bond acceptors (Lipinski definition) is 4. The number of aryl methyl sites for hydroxylation is 1. The third-order valence-corrected chi connectivity index (χ3v) is 4.73. The number of thiol groups is 1. The van der Waals surface area contributed by atoms with Gasteiger partial charge < -0.3 is 14.0 Å². The summed E-state index contributed by atoms with van der Waals surface area (Å²) < 4.78 is 13.7. The predicted molar refractivity (Wildman–Crippen MR) is 99.7 cm³/mol. The molecule has 0 spiro atoms. The summed E-state index contributed by atoms with van der Waals surface area (Å²) in [7, 11) is 1.61. The van der Waals surface area contributed by atoms with Gasteiger partial charge in [-0.2, -0.15) is 12.6 Å². The van der Waals surface area contributed by atoms with Crippen LogP contribution in [0.1, 0.15) is 42.7 Å². The topological polar surface area (TPSA) is 40.5 Å². The van der Waals surface area contributed by atoms with Crippen molar-refractivity contribution in [3.05, 3.63) is 27.9 Å². The number of methoxy groups -OCH3 is 1. The molecule has 4 nitrogen and oxygen atoms in total. The van der Waals surface area contributed by atoms with Gasteiger partial charge in [-0.1, -0.05) is 13.3 Å². The quantitative estimate of drug-likeness (QED) is 0.535. The van der Waals surface area contributed by atoms with Gasteiger partial charge in [-0.3, -0.25) is 0 Å². The summed E-state index contributed by atoms with van der Waals surface area (Å²) in [4.78, 5) is 12.5. The Hall–Kier alpha value is -1.14. The number of aromatic nitrogens is 1. The standard InChI is InChI=1S/C17H22BrNO3S/c1-4-6-7-19-13-9-12(18)15(21-3)8-11(13)16(14(19)10-23)17(20)22-5-2/h8-9,23H,4-7,10H2,1-3H3. The average Bonchev–Trinajstić information content (AvgIpc) is 2.84. The van der Waals surface area contributed by atoms with Crippen molar-refractivity contribution in [2.75, 3.05) is 13.7 Å². The number of rotatable bonds is 7. The summed E-state index contributed by atoms with van der Waals surface area (Å²) in [5.41, 5.74) is 2.49. The van der Waals surface area contributed by atoms with E-state index in [2.05, 4.69) is 40.0 Å². The predicted octanol–water partition coefficient (Wildman–Crippen LogP) is 4.82. The molecule has 0 N–H and O–H groups in total. The number of benzene rings is 1. The van der Waals surface area contributed by atoms with E-state index >= 15 is 0 Å². The minimum atomic E-state index is -0.304. The largest absolute Gasteiger partial charge is 0.496 e. The highest BCUT2D eigenvalue weighted by molar-refractivity contribution is 9.10. The normalized spacial score (nSPS) is 11.0. The van der Waals surface area contributed by atoms with Crippen LogP contribution in [0.4, 0.5) is 0 Å². The first-order chi connectivity index (χ1) is 11.1. The molecule has 1 aromatic heterocycles. The van der Waals surface area contributed by atoms with E-state index in [1.807, 2.05) is 19.1 Å². The lowest BCUT2D eigenvalue weighted by Crippen LogP contribution is -2.09. The van der Waals surface area contributed by atoms with Crippen molar-refractivity contribution in [1.29, 1.82) is 0 Å². The summed E-state index contributed by atoms with van der Waals surface area (Å²) in [6, 6.07) is 3.89. The molecular formula is C17H22BrNO3S. The van der Waals surface area contributed by atoms with E-state index in [-0.39, 0.29) is 5.97 Å². The van der Waals surface area contributed by atoms with Gasteiger partial charge in [-0.15, -0.1) is 0 Å². The minimum Gasteiger partial charge on any atom is -0.496 e. The molecule has 0 aliphatic carbocycles. The van der Waals surface area contributed by atoms with Gasteiger partial charge in [0.15, 0.2) is 0 Å². The number of unbranched alkanes of at least 4 members (excludes halogenated alkanes) is 1. The monoisotopic (exact) mass is 399 g/mol. The van der Waals surface area contributed by atoms with Gasteiger partial charge in [0, 0.05) is 23.4 Å². The molecule has 6 heteroatoms. The van der Waals surface area contributed by atoms with Crippen LogP contribution in [0, 0.1) is 0 Å². The van der Waals surface area contributed by atoms with Crippen LogP contribution in [-0.4, -0.2) is 24.3 Å². The summed E-state index contributed by atoms with van der Waals surface area (Å²) in [5.74, 6) is 0.870. The SMILES string of the molecule is CCCCn1c(CS)c(C(=O)OCC)c2cc(OC)c(Br)cc21. The third-order valence-electron chi connectivity index (χ3n) is 3.81. The molecule has 0 aliphatic rings. The first-order valence-corrected chi connectivity index (χ1v) is 9.18. The number of carbonyl (C=O) groups excluding carboxylic acids is 1. The van der Waals surface area contributed by atoms with Crippen molar-refractivity contribution in [2.24, 2.45) is 0 Å². The van der Waals surface area contributed by atoms with Crippen molar-refractivity contribution in [2.45, 2.75) is 39.0 Å². The van der Waals surface area contributed by atoms with Crippen molar-refractivity contribution >= 4 is 45.4 Å². The van der Waals surface area contributed by atoms with E-state index in [4.69, 9.17) is 9.47 Å². The summed E-state index contributed by atoms with van der Waals surface area (Å²) >= 11 is 7.98. The fourth-order valence-electron chi connectivity index (χ4n) is 2.73. The van der Waals surface area contributed by atoms with Crippen LogP contribution in [0.2, 0.25) is 0 Å². The number of carbonyl (C=O) groups is 1. The fourth-order valence-corrected chi connectivity index (χ4v) is 3.55. The lowest BCUT2D eigenvalue weighted by molar-refractivity contribution is 0.0527. The second-order valence-electron chi connectivity index (χ2n) is 5.21. The molecule has 0 bridgehead atoms. The molecule has 126 valence electrons. The van der Waals surface area contributed by atoms with Crippen LogP contribution < -0.4 is 4.74 Å². The maximum absolute atomic E-state index is 12.5. The Morgan fingerprint density at radius 1 is 1.35 bits per heavy atom. The second kappa shape index (κ2) is 8.11. The van der Waals surface area contributed by atoms with Gasteiger partial charge in [0.1, 0.15) is 5.75 Å². The molecular weight excluding hydrogens is 378 g/mol. The lowest BCUT2D eigenvalue weighted by atomic mass is 10.1. The molecule has 23 heavy (non-hydrogen) atoms. The number of halogens is 1. The second-order valence-corrected chi connectivity index (χ2v) is 6.38. The Kier molecular flexibility index (Phi) is 6.41. The van der Waals surface area contributed by atoms with E-state index in [1.54, 1.807) is 7.11 Å². The first-order valence-electron chi connectivity index (χ1n) is 7.75. The summed E-state index contributed by atoms with van der Waals surface area (Å²) in [5, 5.41) is 0.851. The van der Waals surface area contributed by atoms with Crippen LogP contribution in [0.5, 0.6) is 5.75 Å². The number of hydrogen-bond donors (Lipinski definition) is 1. The zero-order valence-corrected chi connectivity index (χ0v) is 16.2. The molecule has 0 aliphatic heterocycles. The van der Waals surface area contributed by atoms with Gasteiger partial charge >= 0.3 is 5.97 Å². The third kappa shape index (κ3) is 3.53. The van der Waals surface area contributed by atoms with Gasteiger partial charge in [0.2, 0.25) is 0 Å². The van der Waals surface area contributed by atoms with Crippen molar-refractivity contribution in [1.82, 2.24) is 4.57 Å². The number of ether oxygens (including phenoxy) is 2. The Morgan fingerprint density at radius 3 is 2.65 bits per heavy atom. The van der Waals surface area contributed by atoms with Crippen LogP contribution in [0.3, 0.4) is 0 Å². The van der Waals surface area contributed by atoms with Crippen molar-refractivity contribution in [3.63, 3.8) is 0 Å². The van der Waals surface area contributed by atoms with Crippen LogP contribution >= 0.6 is 28.6 Å². The fraction of sp³-hybridized carbons (Fsp3) is 0.471. The van der Waals surface area contributed by atoms with E-state index in [1.165, 1.54) is 0 Å². The maximum atomic E-state index is 12.5. The highest BCUT2D eigenvalue weighted by Crippen LogP contribution is 2.36. The minimum absolute atomic E-state index is 0.304. The molecule has 1 heterocycles. The summed E-state index contributed by atoms with van der Waals surface area (Å²) in [6.07, 6.45) is 2.12. The molecule has 1 aromatic carbocycles. The Balaban J connectivity index is 2.76. The molecule has 0 atom stereocenters. The molecule has 0 saturated carbocycles. The highest BCUT2D eigenvalue weighted by Gasteiger charge is 2.24. The van der Waals surface area contributed by atoms with Gasteiger partial charge in [0.05, 0.1) is 29.3 Å². The number of fused-ring (bicyclic) bond motifs is 1. The zero-order valence-electron chi connectivity index (χ0n) is 13.7. The highest BCUT2D eigenvalue weighted by atomic mass is 79.9. The molecule has 0 amide bonds. The molecule has 0 unspecified atom stereocenters. The average molecular weight is 400 g/mol. The van der Waals surface area contributed by atoms with Gasteiger partial charge in [-0.25, -0.2) is 4.79 Å². The van der Waals surface area contributed by atoms with E-state index in [9.17, 15) is 4.79 Å². The van der Waals surface area contributed by atoms with E-state index < -0.39 is 0 Å². The Labute approximate surface area is 150 Å². The molecule has 0 saturated heterocycles. The van der Waals surface area contributed by atoms with Crippen molar-refractivity contribution in [3.8, 4) is 5.75 Å². The van der Waals surface area contributed by atoms with Gasteiger partial charge in [-0.05, 0) is 41.4 Å². The number of nitrogens with zero attached hydrogens (tertiary/aromatic N) is 1. The maximum Gasteiger partial charge on any atom is 0.340 e. The first kappa shape index (κ1) is 18.2. The molecule has 2 rings (SSSR count). The summed E-state index contributed by atoms with van der Waals surface area (Å²) in [6.45, 7) is 5.16.